The molecule has 11 heteroatoms. The zero-order valence-electron chi connectivity index (χ0n) is 17.6. The lowest BCUT2D eigenvalue weighted by molar-refractivity contribution is -0.384. The maximum Gasteiger partial charge on any atom is 0.288 e. The van der Waals surface area contributed by atoms with E-state index in [0.717, 1.165) is 0 Å². The number of nitro groups is 1. The molecule has 0 atom stereocenters. The first-order chi connectivity index (χ1) is 16.3. The molecule has 34 heavy (non-hydrogen) atoms. The Labute approximate surface area is 203 Å². The van der Waals surface area contributed by atoms with Gasteiger partial charge in [-0.25, -0.2) is 0 Å². The van der Waals surface area contributed by atoms with Gasteiger partial charge in [0.15, 0.2) is 5.11 Å². The number of carbonyl (C=O) groups excluding carboxylic acids is 2. The van der Waals surface area contributed by atoms with Crippen molar-refractivity contribution in [1.29, 1.82) is 0 Å². The number of anilines is 1. The van der Waals surface area contributed by atoms with Crippen LogP contribution >= 0.6 is 23.8 Å². The molecule has 1 aliphatic heterocycles. The number of carbonyl (C=O) groups is 2. The van der Waals surface area contributed by atoms with E-state index in [1.54, 1.807) is 36.4 Å². The van der Waals surface area contributed by atoms with Gasteiger partial charge >= 0.3 is 0 Å². The topological polar surface area (TPSA) is 115 Å². The molecule has 172 valence electrons. The number of rotatable bonds is 6. The van der Waals surface area contributed by atoms with Crippen molar-refractivity contribution in [3.8, 4) is 17.1 Å². The summed E-state index contributed by atoms with van der Waals surface area (Å²) >= 11 is 11.1. The average Bonchev–Trinajstić information content (AvgIpc) is 3.27. The number of furan rings is 1. The fourth-order valence-corrected chi connectivity index (χ4v) is 3.75. The minimum Gasteiger partial charge on any atom is -0.494 e. The molecule has 3 aromatic rings. The Bertz CT molecular complexity index is 1350. The second kappa shape index (κ2) is 9.46. The molecule has 0 unspecified atom stereocenters. The lowest BCUT2D eigenvalue weighted by Gasteiger charge is -2.28. The van der Waals surface area contributed by atoms with E-state index in [1.807, 2.05) is 6.92 Å². The van der Waals surface area contributed by atoms with Crippen LogP contribution in [0.2, 0.25) is 5.02 Å². The number of nitrogens with one attached hydrogen (secondary N) is 1. The van der Waals surface area contributed by atoms with Crippen LogP contribution in [0.3, 0.4) is 0 Å². The normalized spacial score (nSPS) is 14.9. The van der Waals surface area contributed by atoms with Crippen LogP contribution in [0.4, 0.5) is 11.4 Å². The molecule has 2 heterocycles. The Morgan fingerprint density at radius 2 is 1.91 bits per heavy atom. The standard InChI is InChI=1S/C23H16ClN3O6S/c1-2-32-15-6-4-14(5-7-15)26-22(29)17(21(28)25-23(26)34)12-16-8-10-20(33-16)13-3-9-18(24)19(11-13)27(30)31/h3-12H,2H2,1H3,(H,25,28,34)/b17-12-. The van der Waals surface area contributed by atoms with Crippen molar-refractivity contribution in [1.82, 2.24) is 5.32 Å². The maximum absolute atomic E-state index is 13.1. The van der Waals surface area contributed by atoms with Crippen LogP contribution in [0.25, 0.3) is 17.4 Å². The minimum atomic E-state index is -0.669. The Morgan fingerprint density at radius 1 is 1.18 bits per heavy atom. The molecule has 1 saturated heterocycles. The van der Waals surface area contributed by atoms with Crippen LogP contribution in [-0.2, 0) is 9.59 Å². The zero-order valence-corrected chi connectivity index (χ0v) is 19.2. The van der Waals surface area contributed by atoms with Gasteiger partial charge in [0.2, 0.25) is 0 Å². The largest absolute Gasteiger partial charge is 0.494 e. The minimum absolute atomic E-state index is 0.00234. The first-order valence-corrected chi connectivity index (χ1v) is 10.8. The highest BCUT2D eigenvalue weighted by Gasteiger charge is 2.34. The van der Waals surface area contributed by atoms with Crippen LogP contribution < -0.4 is 15.0 Å². The van der Waals surface area contributed by atoms with Gasteiger partial charge in [0, 0.05) is 11.6 Å². The molecule has 1 fully saturated rings. The summed E-state index contributed by atoms with van der Waals surface area (Å²) < 4.78 is 11.1. The molecule has 0 saturated carbocycles. The third-order valence-corrected chi connectivity index (χ3v) is 5.45. The zero-order chi connectivity index (χ0) is 24.4. The van der Waals surface area contributed by atoms with Crippen LogP contribution in [-0.4, -0.2) is 28.5 Å². The van der Waals surface area contributed by atoms with Gasteiger partial charge in [0.05, 0.1) is 17.2 Å². The number of hydrogen-bond acceptors (Lipinski definition) is 7. The Hall–Kier alpha value is -4.02. The van der Waals surface area contributed by atoms with E-state index in [1.165, 1.54) is 29.2 Å². The second-order valence-electron chi connectivity index (χ2n) is 7.01. The first-order valence-electron chi connectivity index (χ1n) is 9.97. The van der Waals surface area contributed by atoms with E-state index in [2.05, 4.69) is 5.32 Å². The molecule has 2 amide bonds. The average molecular weight is 498 g/mol. The van der Waals surface area contributed by atoms with Gasteiger partial charge in [-0.05, 0) is 73.7 Å². The summed E-state index contributed by atoms with van der Waals surface area (Å²) in [7, 11) is 0. The number of halogens is 1. The lowest BCUT2D eigenvalue weighted by atomic mass is 10.1. The predicted octanol–water partition coefficient (Wildman–Crippen LogP) is 4.74. The number of nitrogens with zero attached hydrogens (tertiary/aromatic N) is 2. The van der Waals surface area contributed by atoms with Crippen molar-refractivity contribution in [2.45, 2.75) is 6.92 Å². The van der Waals surface area contributed by atoms with Gasteiger partial charge < -0.3 is 9.15 Å². The van der Waals surface area contributed by atoms with E-state index in [-0.39, 0.29) is 27.2 Å². The van der Waals surface area contributed by atoms with Gasteiger partial charge in [-0.15, -0.1) is 0 Å². The third-order valence-electron chi connectivity index (χ3n) is 4.85. The van der Waals surface area contributed by atoms with E-state index in [0.29, 0.717) is 29.4 Å². The van der Waals surface area contributed by atoms with E-state index in [4.69, 9.17) is 33.0 Å². The number of hydrogen-bond donors (Lipinski definition) is 1. The summed E-state index contributed by atoms with van der Waals surface area (Å²) in [6.45, 7) is 2.36. The fraction of sp³-hybridized carbons (Fsp3) is 0.0870. The number of ether oxygens (including phenoxy) is 1. The SMILES string of the molecule is CCOc1ccc(N2C(=O)/C(=C\c3ccc(-c4ccc(Cl)c([N+](=O)[O-])c4)o3)C(=O)NC2=S)cc1. The summed E-state index contributed by atoms with van der Waals surface area (Å²) in [6, 6.07) is 14.0. The van der Waals surface area contributed by atoms with Crippen LogP contribution in [0.1, 0.15) is 12.7 Å². The van der Waals surface area contributed by atoms with Gasteiger partial charge in [0.1, 0.15) is 27.9 Å². The smallest absolute Gasteiger partial charge is 0.288 e. The van der Waals surface area contributed by atoms with Crippen molar-refractivity contribution in [2.75, 3.05) is 11.5 Å². The van der Waals surface area contributed by atoms with Gasteiger partial charge in [-0.1, -0.05) is 11.6 Å². The fourth-order valence-electron chi connectivity index (χ4n) is 3.28. The number of nitro benzene ring substituents is 1. The summed E-state index contributed by atoms with van der Waals surface area (Å²) in [5, 5.41) is 13.6. The Kier molecular flexibility index (Phi) is 6.44. The molecule has 1 aromatic heterocycles. The highest BCUT2D eigenvalue weighted by atomic mass is 35.5. The quantitative estimate of drug-likeness (QED) is 0.172. The van der Waals surface area contributed by atoms with E-state index < -0.39 is 16.7 Å². The Balaban J connectivity index is 1.64. The number of amides is 2. The highest BCUT2D eigenvalue weighted by molar-refractivity contribution is 7.80. The summed E-state index contributed by atoms with van der Waals surface area (Å²) in [5.74, 6) is -0.165. The molecule has 0 radical (unpaired) electrons. The molecule has 1 N–H and O–H groups in total. The third kappa shape index (κ3) is 4.54. The lowest BCUT2D eigenvalue weighted by Crippen LogP contribution is -2.54. The summed E-state index contributed by atoms with van der Waals surface area (Å²) in [5.41, 5.74) is 0.414. The van der Waals surface area contributed by atoms with Crippen LogP contribution in [0.5, 0.6) is 5.75 Å². The van der Waals surface area contributed by atoms with Gasteiger partial charge in [-0.3, -0.25) is 29.9 Å². The highest BCUT2D eigenvalue weighted by Crippen LogP contribution is 2.32. The summed E-state index contributed by atoms with van der Waals surface area (Å²) in [4.78, 5) is 37.4. The molecular weight excluding hydrogens is 482 g/mol. The molecule has 0 bridgehead atoms. The maximum atomic E-state index is 13.1. The van der Waals surface area contributed by atoms with Crippen molar-refractivity contribution in [3.05, 3.63) is 81.1 Å². The van der Waals surface area contributed by atoms with Crippen molar-refractivity contribution in [2.24, 2.45) is 0 Å². The van der Waals surface area contributed by atoms with Crippen molar-refractivity contribution in [3.63, 3.8) is 0 Å². The van der Waals surface area contributed by atoms with Crippen molar-refractivity contribution < 1.29 is 23.7 Å². The van der Waals surface area contributed by atoms with Crippen LogP contribution in [0, 0.1) is 10.1 Å². The molecule has 1 aliphatic rings. The molecule has 9 nitrogen and oxygen atoms in total. The van der Waals surface area contributed by atoms with Gasteiger partial charge in [-0.2, -0.15) is 0 Å². The second-order valence-corrected chi connectivity index (χ2v) is 7.80. The van der Waals surface area contributed by atoms with Gasteiger partial charge in [0.25, 0.3) is 17.5 Å². The molecular formula is C23H16ClN3O6S. The predicted molar refractivity (Wildman–Crippen MR) is 130 cm³/mol. The van der Waals surface area contributed by atoms with Crippen molar-refractivity contribution >= 4 is 58.2 Å². The number of thiocarbonyl (C=S) groups is 1. The van der Waals surface area contributed by atoms with E-state index >= 15 is 0 Å². The molecule has 0 spiro atoms. The molecule has 2 aromatic carbocycles. The summed E-state index contributed by atoms with van der Waals surface area (Å²) in [6.07, 6.45) is 1.29. The van der Waals surface area contributed by atoms with Crippen LogP contribution in [0.15, 0.2) is 64.6 Å². The first kappa shape index (κ1) is 23.1. The monoisotopic (exact) mass is 497 g/mol. The Morgan fingerprint density at radius 3 is 2.59 bits per heavy atom. The molecule has 0 aliphatic carbocycles. The molecule has 4 rings (SSSR count). The number of benzene rings is 2. The van der Waals surface area contributed by atoms with E-state index in [9.17, 15) is 19.7 Å².